The molecule has 3 rings (SSSR count). The van der Waals surface area contributed by atoms with Gasteiger partial charge in [0.15, 0.2) is 11.5 Å². The van der Waals surface area contributed by atoms with Crippen LogP contribution in [0.1, 0.15) is 17.3 Å². The summed E-state index contributed by atoms with van der Waals surface area (Å²) in [7, 11) is 1.59. The zero-order valence-corrected chi connectivity index (χ0v) is 12.5. The van der Waals surface area contributed by atoms with Gasteiger partial charge in [0.05, 0.1) is 26.2 Å². The van der Waals surface area contributed by atoms with Crippen LogP contribution in [0.4, 0.5) is 13.2 Å². The summed E-state index contributed by atoms with van der Waals surface area (Å²) in [6.07, 6.45) is -3.35. The van der Waals surface area contributed by atoms with Crippen molar-refractivity contribution in [2.45, 2.75) is 32.4 Å². The number of fused-ring (bicyclic) bond motifs is 1. The number of halogens is 3. The second-order valence-electron chi connectivity index (χ2n) is 5.26. The number of nitrogens with zero attached hydrogens (tertiary/aromatic N) is 7. The molecular formula is C12H16F3N7O. The fourth-order valence-corrected chi connectivity index (χ4v) is 2.46. The molecule has 2 aromatic heterocycles. The Morgan fingerprint density at radius 1 is 1.30 bits per heavy atom. The van der Waals surface area contributed by atoms with E-state index in [4.69, 9.17) is 4.74 Å². The molecular weight excluding hydrogens is 315 g/mol. The molecule has 0 N–H and O–H groups in total. The van der Waals surface area contributed by atoms with Crippen molar-refractivity contribution in [2.24, 2.45) is 0 Å². The molecule has 0 bridgehead atoms. The third-order valence-corrected chi connectivity index (χ3v) is 3.65. The van der Waals surface area contributed by atoms with E-state index in [0.29, 0.717) is 51.0 Å². The van der Waals surface area contributed by atoms with Gasteiger partial charge in [0.25, 0.3) is 0 Å². The van der Waals surface area contributed by atoms with Crippen LogP contribution in [-0.2, 0) is 37.1 Å². The molecule has 0 aromatic carbocycles. The normalized spacial score (nSPS) is 15.8. The number of aromatic nitrogens is 6. The number of imidazole rings is 1. The Morgan fingerprint density at radius 2 is 2.13 bits per heavy atom. The first-order valence-electron chi connectivity index (χ1n) is 7.07. The number of tetrazole rings is 1. The fraction of sp³-hybridized carbons (Fsp3) is 0.667. The van der Waals surface area contributed by atoms with Gasteiger partial charge in [-0.1, -0.05) is 0 Å². The second kappa shape index (κ2) is 6.24. The quantitative estimate of drug-likeness (QED) is 0.797. The lowest BCUT2D eigenvalue weighted by Crippen LogP contribution is -2.34. The summed E-state index contributed by atoms with van der Waals surface area (Å²) in [4.78, 5) is 5.66. The monoisotopic (exact) mass is 331 g/mol. The Balaban J connectivity index is 1.68. The highest BCUT2D eigenvalue weighted by Gasteiger charge is 2.35. The molecule has 8 nitrogen and oxygen atoms in total. The molecule has 1 aliphatic rings. The first-order chi connectivity index (χ1) is 11.0. The van der Waals surface area contributed by atoms with Crippen LogP contribution >= 0.6 is 0 Å². The van der Waals surface area contributed by atoms with E-state index >= 15 is 0 Å². The number of hydrogen-bond donors (Lipinski definition) is 0. The van der Waals surface area contributed by atoms with E-state index in [1.54, 1.807) is 16.4 Å². The summed E-state index contributed by atoms with van der Waals surface area (Å²) < 4.78 is 46.3. The highest BCUT2D eigenvalue weighted by molar-refractivity contribution is 5.09. The molecule has 11 heteroatoms. The lowest BCUT2D eigenvalue weighted by atomic mass is 10.3. The van der Waals surface area contributed by atoms with Crippen molar-refractivity contribution in [1.29, 1.82) is 0 Å². The highest BCUT2D eigenvalue weighted by atomic mass is 19.4. The lowest BCUT2D eigenvalue weighted by Gasteiger charge is -2.26. The molecule has 0 aliphatic carbocycles. The molecule has 0 unspecified atom stereocenters. The smallest absolute Gasteiger partial charge is 0.383 e. The van der Waals surface area contributed by atoms with Crippen LogP contribution in [-0.4, -0.2) is 54.9 Å². The highest BCUT2D eigenvalue weighted by Crippen LogP contribution is 2.29. The first kappa shape index (κ1) is 15.9. The Morgan fingerprint density at radius 3 is 2.87 bits per heavy atom. The van der Waals surface area contributed by atoms with Crippen LogP contribution in [0, 0.1) is 0 Å². The summed E-state index contributed by atoms with van der Waals surface area (Å²) in [6.45, 7) is 2.85. The molecule has 2 aromatic rings. The average Bonchev–Trinajstić information content (AvgIpc) is 3.10. The number of rotatable bonds is 5. The maximum Gasteiger partial charge on any atom is 0.434 e. The molecule has 126 valence electrons. The topological polar surface area (TPSA) is 73.9 Å². The molecule has 0 fully saturated rings. The Bertz CT molecular complexity index is 666. The number of methoxy groups -OCH3 is 1. The number of hydrogen-bond acceptors (Lipinski definition) is 6. The minimum atomic E-state index is -4.42. The Hall–Kier alpha value is -2.01. The maximum absolute atomic E-state index is 12.7. The summed E-state index contributed by atoms with van der Waals surface area (Å²) in [5, 5.41) is 11.5. The van der Waals surface area contributed by atoms with Crippen LogP contribution < -0.4 is 0 Å². The average molecular weight is 331 g/mol. The van der Waals surface area contributed by atoms with Gasteiger partial charge < -0.3 is 9.30 Å². The summed E-state index contributed by atoms with van der Waals surface area (Å²) in [5.41, 5.74) is -0.848. The van der Waals surface area contributed by atoms with Gasteiger partial charge >= 0.3 is 6.18 Å². The Labute approximate surface area is 129 Å². The van der Waals surface area contributed by atoms with E-state index in [1.807, 2.05) is 4.90 Å². The molecule has 0 saturated carbocycles. The van der Waals surface area contributed by atoms with Crippen molar-refractivity contribution < 1.29 is 17.9 Å². The van der Waals surface area contributed by atoms with Crippen molar-refractivity contribution in [3.63, 3.8) is 0 Å². The summed E-state index contributed by atoms with van der Waals surface area (Å²) >= 11 is 0. The van der Waals surface area contributed by atoms with Crippen molar-refractivity contribution in [3.8, 4) is 0 Å². The number of ether oxygens (including phenoxy) is 1. The van der Waals surface area contributed by atoms with E-state index in [9.17, 15) is 13.2 Å². The van der Waals surface area contributed by atoms with Crippen molar-refractivity contribution >= 4 is 0 Å². The predicted molar refractivity (Wildman–Crippen MR) is 71.0 cm³/mol. The van der Waals surface area contributed by atoms with Crippen molar-refractivity contribution in [3.05, 3.63) is 23.5 Å². The SMILES string of the molecule is COCCn1nnnc1CN1CCn2cc(C(F)(F)F)nc2C1. The number of alkyl halides is 3. The largest absolute Gasteiger partial charge is 0.434 e. The molecule has 1 aliphatic heterocycles. The van der Waals surface area contributed by atoms with Crippen LogP contribution in [0.15, 0.2) is 6.20 Å². The van der Waals surface area contributed by atoms with Crippen molar-refractivity contribution in [2.75, 3.05) is 20.3 Å². The second-order valence-corrected chi connectivity index (χ2v) is 5.26. The van der Waals surface area contributed by atoms with Crippen molar-refractivity contribution in [1.82, 2.24) is 34.7 Å². The fourth-order valence-electron chi connectivity index (χ4n) is 2.46. The Kier molecular flexibility index (Phi) is 4.31. The zero-order valence-electron chi connectivity index (χ0n) is 12.5. The minimum Gasteiger partial charge on any atom is -0.383 e. The van der Waals surface area contributed by atoms with E-state index in [1.165, 1.54) is 0 Å². The lowest BCUT2D eigenvalue weighted by molar-refractivity contribution is -0.141. The summed E-state index contributed by atoms with van der Waals surface area (Å²) in [5.74, 6) is 1.05. The van der Waals surface area contributed by atoms with Crippen LogP contribution in [0.5, 0.6) is 0 Å². The first-order valence-corrected chi connectivity index (χ1v) is 7.07. The van der Waals surface area contributed by atoms with E-state index in [0.717, 1.165) is 6.20 Å². The third kappa shape index (κ3) is 3.50. The van der Waals surface area contributed by atoms with Gasteiger partial charge in [-0.05, 0) is 10.4 Å². The molecule has 23 heavy (non-hydrogen) atoms. The van der Waals surface area contributed by atoms with Gasteiger partial charge in [0.1, 0.15) is 5.82 Å². The van der Waals surface area contributed by atoms with Gasteiger partial charge in [0, 0.05) is 26.4 Å². The zero-order chi connectivity index (χ0) is 16.4. The van der Waals surface area contributed by atoms with Crippen LogP contribution in [0.25, 0.3) is 0 Å². The van der Waals surface area contributed by atoms with E-state index < -0.39 is 11.9 Å². The molecule has 0 amide bonds. The minimum absolute atomic E-state index is 0.327. The predicted octanol–water partition coefficient (Wildman–Crippen LogP) is 0.551. The van der Waals surface area contributed by atoms with Crippen LogP contribution in [0.2, 0.25) is 0 Å². The third-order valence-electron chi connectivity index (χ3n) is 3.65. The van der Waals surface area contributed by atoms with Gasteiger partial charge in [-0.2, -0.15) is 13.2 Å². The van der Waals surface area contributed by atoms with Gasteiger partial charge in [-0.3, -0.25) is 4.90 Å². The maximum atomic E-state index is 12.7. The molecule has 0 radical (unpaired) electrons. The molecule has 0 spiro atoms. The van der Waals surface area contributed by atoms with Gasteiger partial charge in [-0.25, -0.2) is 9.67 Å². The molecule has 0 atom stereocenters. The van der Waals surface area contributed by atoms with Crippen LogP contribution in [0.3, 0.4) is 0 Å². The van der Waals surface area contributed by atoms with Gasteiger partial charge in [0.2, 0.25) is 0 Å². The summed E-state index contributed by atoms with van der Waals surface area (Å²) in [6, 6.07) is 0. The van der Waals surface area contributed by atoms with E-state index in [-0.39, 0.29) is 0 Å². The molecule has 3 heterocycles. The molecule has 0 saturated heterocycles. The standard InChI is InChI=1S/C12H16F3N7O/c1-23-5-4-22-11(17-18-19-22)8-20-2-3-21-6-9(12(13,14)15)16-10(21)7-20/h6H,2-5,7-8H2,1H3. The van der Waals surface area contributed by atoms with E-state index in [2.05, 4.69) is 20.5 Å². The van der Waals surface area contributed by atoms with Gasteiger partial charge in [-0.15, -0.1) is 5.10 Å².